The number of rotatable bonds is 7. The Bertz CT molecular complexity index is 1110. The van der Waals surface area contributed by atoms with Crippen molar-refractivity contribution in [3.05, 3.63) is 77.4 Å². The number of hydrogen-bond donors (Lipinski definition) is 1. The first-order chi connectivity index (χ1) is 15.5. The first-order valence-corrected chi connectivity index (χ1v) is 11.2. The lowest BCUT2D eigenvalue weighted by Gasteiger charge is -2.25. The van der Waals surface area contributed by atoms with Gasteiger partial charge in [-0.3, -0.25) is 9.59 Å². The fourth-order valence-electron chi connectivity index (χ4n) is 4.26. The van der Waals surface area contributed by atoms with Gasteiger partial charge in [0.05, 0.1) is 19.1 Å². The van der Waals surface area contributed by atoms with E-state index in [4.69, 9.17) is 4.74 Å². The largest absolute Gasteiger partial charge is 0.376 e. The standard InChI is InChI=1S/C27H30N2O3/c1-19-8-5-14-25(20(19)2)28-26(30)18-29(17-23-12-7-15-32-23)27(31)16-22-11-6-10-21-9-3-4-13-24(21)22/h3-6,8-11,13-14,23H,7,12,15-18H2,1-2H3,(H,28,30). The van der Waals surface area contributed by atoms with Gasteiger partial charge in [-0.2, -0.15) is 0 Å². The Kier molecular flexibility index (Phi) is 6.86. The third kappa shape index (κ3) is 5.17. The fourth-order valence-corrected chi connectivity index (χ4v) is 4.26. The molecule has 3 aromatic carbocycles. The van der Waals surface area contributed by atoms with E-state index in [1.807, 2.05) is 74.5 Å². The van der Waals surface area contributed by atoms with E-state index < -0.39 is 0 Å². The van der Waals surface area contributed by atoms with Crippen molar-refractivity contribution >= 4 is 28.3 Å². The molecule has 1 atom stereocenters. The van der Waals surface area contributed by atoms with Gasteiger partial charge >= 0.3 is 0 Å². The number of anilines is 1. The van der Waals surface area contributed by atoms with Crippen molar-refractivity contribution in [1.29, 1.82) is 0 Å². The third-order valence-corrected chi connectivity index (χ3v) is 6.24. The van der Waals surface area contributed by atoms with E-state index in [0.717, 1.165) is 46.0 Å². The van der Waals surface area contributed by atoms with Crippen LogP contribution in [0.5, 0.6) is 0 Å². The molecule has 1 N–H and O–H groups in total. The van der Waals surface area contributed by atoms with Crippen LogP contribution in [-0.4, -0.2) is 42.5 Å². The van der Waals surface area contributed by atoms with Crippen LogP contribution in [0.3, 0.4) is 0 Å². The highest BCUT2D eigenvalue weighted by molar-refractivity contribution is 5.96. The molecule has 1 unspecified atom stereocenters. The van der Waals surface area contributed by atoms with Crippen LogP contribution in [0, 0.1) is 13.8 Å². The Balaban J connectivity index is 1.51. The van der Waals surface area contributed by atoms with Gasteiger partial charge in [-0.25, -0.2) is 0 Å². The first kappa shape index (κ1) is 22.0. The van der Waals surface area contributed by atoms with Gasteiger partial charge in [0.2, 0.25) is 11.8 Å². The maximum absolute atomic E-state index is 13.3. The Labute approximate surface area is 189 Å². The Morgan fingerprint density at radius 1 is 1.03 bits per heavy atom. The lowest BCUT2D eigenvalue weighted by molar-refractivity contribution is -0.135. The molecule has 1 aliphatic rings. The number of amides is 2. The summed E-state index contributed by atoms with van der Waals surface area (Å²) < 4.78 is 5.76. The molecule has 1 heterocycles. The number of fused-ring (bicyclic) bond motifs is 1. The number of carbonyl (C=O) groups is 2. The van der Waals surface area contributed by atoms with E-state index >= 15 is 0 Å². The van der Waals surface area contributed by atoms with Crippen LogP contribution in [0.2, 0.25) is 0 Å². The summed E-state index contributed by atoms with van der Waals surface area (Å²) in [6.45, 7) is 5.16. The zero-order valence-electron chi connectivity index (χ0n) is 18.8. The van der Waals surface area contributed by atoms with Gasteiger partial charge in [0.25, 0.3) is 0 Å². The number of nitrogens with one attached hydrogen (secondary N) is 1. The van der Waals surface area contributed by atoms with Crippen molar-refractivity contribution in [2.45, 2.75) is 39.2 Å². The number of benzene rings is 3. The van der Waals surface area contributed by atoms with Crippen molar-refractivity contribution in [3.63, 3.8) is 0 Å². The summed E-state index contributed by atoms with van der Waals surface area (Å²) in [6, 6.07) is 19.9. The van der Waals surface area contributed by atoms with Crippen LogP contribution in [0.1, 0.15) is 29.5 Å². The molecule has 1 saturated heterocycles. The molecule has 0 aliphatic carbocycles. The molecule has 4 rings (SSSR count). The second kappa shape index (κ2) is 9.96. The van der Waals surface area contributed by atoms with Crippen LogP contribution in [0.25, 0.3) is 10.8 Å². The van der Waals surface area contributed by atoms with Gasteiger partial charge in [0.15, 0.2) is 0 Å². The van der Waals surface area contributed by atoms with E-state index in [9.17, 15) is 9.59 Å². The molecule has 5 nitrogen and oxygen atoms in total. The van der Waals surface area contributed by atoms with E-state index in [0.29, 0.717) is 13.2 Å². The summed E-state index contributed by atoms with van der Waals surface area (Å²) >= 11 is 0. The van der Waals surface area contributed by atoms with Gasteiger partial charge in [-0.1, -0.05) is 54.6 Å². The highest BCUT2D eigenvalue weighted by atomic mass is 16.5. The molecule has 0 bridgehead atoms. The molecule has 0 radical (unpaired) electrons. The summed E-state index contributed by atoms with van der Waals surface area (Å²) in [5, 5.41) is 5.16. The van der Waals surface area contributed by atoms with E-state index in [2.05, 4.69) is 5.32 Å². The summed E-state index contributed by atoms with van der Waals surface area (Å²) in [5.41, 5.74) is 3.91. The Morgan fingerprint density at radius 3 is 2.62 bits per heavy atom. The second-order valence-electron chi connectivity index (χ2n) is 8.52. The van der Waals surface area contributed by atoms with Crippen LogP contribution < -0.4 is 5.32 Å². The lowest BCUT2D eigenvalue weighted by Crippen LogP contribution is -2.43. The van der Waals surface area contributed by atoms with Crippen LogP contribution >= 0.6 is 0 Å². The van der Waals surface area contributed by atoms with Gasteiger partial charge in [-0.05, 0) is 60.2 Å². The maximum atomic E-state index is 13.3. The monoisotopic (exact) mass is 430 g/mol. The minimum absolute atomic E-state index is 0.0108. The minimum Gasteiger partial charge on any atom is -0.376 e. The zero-order chi connectivity index (χ0) is 22.5. The van der Waals surface area contributed by atoms with Crippen molar-refractivity contribution in [1.82, 2.24) is 4.90 Å². The van der Waals surface area contributed by atoms with Crippen molar-refractivity contribution in [2.24, 2.45) is 0 Å². The van der Waals surface area contributed by atoms with Gasteiger partial charge in [0.1, 0.15) is 0 Å². The molecule has 1 aliphatic heterocycles. The molecular weight excluding hydrogens is 400 g/mol. The van der Waals surface area contributed by atoms with Crippen LogP contribution in [-0.2, 0) is 20.7 Å². The fraction of sp³-hybridized carbons (Fsp3) is 0.333. The molecule has 0 aromatic heterocycles. The summed E-state index contributed by atoms with van der Waals surface area (Å²) in [5.74, 6) is -0.254. The second-order valence-corrected chi connectivity index (χ2v) is 8.52. The van der Waals surface area contributed by atoms with Crippen molar-refractivity contribution in [3.8, 4) is 0 Å². The normalized spacial score (nSPS) is 15.6. The topological polar surface area (TPSA) is 58.6 Å². The quantitative estimate of drug-likeness (QED) is 0.594. The Morgan fingerprint density at radius 2 is 1.81 bits per heavy atom. The maximum Gasteiger partial charge on any atom is 0.244 e. The number of nitrogens with zero attached hydrogens (tertiary/aromatic N) is 1. The third-order valence-electron chi connectivity index (χ3n) is 6.24. The molecule has 0 saturated carbocycles. The SMILES string of the molecule is Cc1cccc(NC(=O)CN(CC2CCCO2)C(=O)Cc2cccc3ccccc23)c1C. The number of hydrogen-bond acceptors (Lipinski definition) is 3. The minimum atomic E-state index is -0.192. The highest BCUT2D eigenvalue weighted by Crippen LogP contribution is 2.21. The predicted molar refractivity (Wildman–Crippen MR) is 128 cm³/mol. The molecule has 1 fully saturated rings. The number of aryl methyl sites for hydroxylation is 1. The molecule has 5 heteroatoms. The first-order valence-electron chi connectivity index (χ1n) is 11.2. The molecule has 166 valence electrons. The van der Waals surface area contributed by atoms with Gasteiger partial charge in [0, 0.05) is 18.8 Å². The van der Waals surface area contributed by atoms with Crippen molar-refractivity contribution < 1.29 is 14.3 Å². The molecular formula is C27H30N2O3. The summed E-state index contributed by atoms with van der Waals surface area (Å²) in [4.78, 5) is 27.9. The predicted octanol–water partition coefficient (Wildman–Crippen LogP) is 4.65. The van der Waals surface area contributed by atoms with E-state index in [-0.39, 0.29) is 30.9 Å². The molecule has 3 aromatic rings. The van der Waals surface area contributed by atoms with Crippen molar-refractivity contribution in [2.75, 3.05) is 25.0 Å². The van der Waals surface area contributed by atoms with E-state index in [1.165, 1.54) is 0 Å². The zero-order valence-corrected chi connectivity index (χ0v) is 18.8. The van der Waals surface area contributed by atoms with Crippen LogP contribution in [0.4, 0.5) is 5.69 Å². The number of ether oxygens (including phenoxy) is 1. The molecule has 0 spiro atoms. The Hall–Kier alpha value is -3.18. The smallest absolute Gasteiger partial charge is 0.244 e. The van der Waals surface area contributed by atoms with Gasteiger partial charge in [-0.15, -0.1) is 0 Å². The number of carbonyl (C=O) groups excluding carboxylic acids is 2. The van der Waals surface area contributed by atoms with Gasteiger partial charge < -0.3 is 15.0 Å². The van der Waals surface area contributed by atoms with Crippen LogP contribution in [0.15, 0.2) is 60.7 Å². The van der Waals surface area contributed by atoms with E-state index in [1.54, 1.807) is 4.90 Å². The molecule has 2 amide bonds. The average Bonchev–Trinajstić information content (AvgIpc) is 3.30. The highest BCUT2D eigenvalue weighted by Gasteiger charge is 2.25. The summed E-state index contributed by atoms with van der Waals surface area (Å²) in [7, 11) is 0. The summed E-state index contributed by atoms with van der Waals surface area (Å²) in [6.07, 6.45) is 2.14. The average molecular weight is 431 g/mol. The molecule has 32 heavy (non-hydrogen) atoms. The lowest BCUT2D eigenvalue weighted by atomic mass is 10.0.